The third kappa shape index (κ3) is 0.860. The summed E-state index contributed by atoms with van der Waals surface area (Å²) < 4.78 is 2.54. The summed E-state index contributed by atoms with van der Waals surface area (Å²) in [4.78, 5) is 11.3. The van der Waals surface area contributed by atoms with E-state index >= 15 is 0 Å². The summed E-state index contributed by atoms with van der Waals surface area (Å²) in [7, 11) is 0. The summed E-state index contributed by atoms with van der Waals surface area (Å²) in [6.45, 7) is 0.637. The Balaban J connectivity index is 2.17. The van der Waals surface area contributed by atoms with Crippen molar-refractivity contribution in [1.82, 2.24) is 8.85 Å². The normalized spacial score (nSPS) is 50.1. The average Bonchev–Trinajstić information content (AvgIpc) is 2.46. The second-order valence-corrected chi connectivity index (χ2v) is 4.19. The molecule has 3 atom stereocenters. The molecule has 0 radical (unpaired) electrons. The summed E-state index contributed by atoms with van der Waals surface area (Å²) in [5.74, 6) is -0.0806. The lowest BCUT2D eigenvalue weighted by molar-refractivity contribution is -0.121. The molecule has 0 aromatic heterocycles. The summed E-state index contributed by atoms with van der Waals surface area (Å²) in [5, 5.41) is 3.02. The highest BCUT2D eigenvalue weighted by Gasteiger charge is 2.72. The zero-order chi connectivity index (χ0) is 8.98. The smallest absolute Gasteiger partial charge is 0.247 e. The van der Waals surface area contributed by atoms with Crippen molar-refractivity contribution in [3.8, 4) is 0 Å². The van der Waals surface area contributed by atoms with Gasteiger partial charge in [0.15, 0.2) is 0 Å². The number of carbonyl (C=O) groups excluding carboxylic acids is 1. The Morgan fingerprint density at radius 2 is 2.33 bits per heavy atom. The van der Waals surface area contributed by atoms with Gasteiger partial charge in [0.05, 0.1) is 33.9 Å². The van der Waals surface area contributed by atoms with Gasteiger partial charge in [0, 0.05) is 6.54 Å². The zero-order valence-electron chi connectivity index (χ0n) is 6.43. The highest BCUT2D eigenvalue weighted by molar-refractivity contribution is 14.1. The van der Waals surface area contributed by atoms with Gasteiger partial charge in [-0.25, -0.2) is 0 Å². The van der Waals surface area contributed by atoms with Gasteiger partial charge in [-0.15, -0.1) is 0 Å². The first-order valence-corrected chi connectivity index (χ1v) is 4.83. The molecule has 0 bridgehead atoms. The molecule has 1 amide bonds. The van der Waals surface area contributed by atoms with Crippen LogP contribution in [-0.2, 0) is 4.79 Å². The number of nitrogens with one attached hydrogen (secondary N) is 2. The van der Waals surface area contributed by atoms with E-state index in [1.165, 1.54) is 0 Å². The standard InChI is InChI=1S/C6H11IN4O/c7-11-4(12)3-6(9)1-5(6,8)2-10-3/h3,10H,1-2,8-9H2,(H,11,12)/t3-,5-,6+/m1/s1. The number of carbonyl (C=O) groups is 1. The number of nitrogens with two attached hydrogens (primary N) is 2. The summed E-state index contributed by atoms with van der Waals surface area (Å²) in [5.41, 5.74) is 11.0. The van der Waals surface area contributed by atoms with Crippen LogP contribution in [0.5, 0.6) is 0 Å². The monoisotopic (exact) mass is 282 g/mol. The van der Waals surface area contributed by atoms with E-state index in [9.17, 15) is 4.79 Å². The number of hydrogen-bond donors (Lipinski definition) is 4. The molecule has 2 aliphatic rings. The quantitative estimate of drug-likeness (QED) is 0.338. The van der Waals surface area contributed by atoms with Gasteiger partial charge in [-0.1, -0.05) is 0 Å². The van der Waals surface area contributed by atoms with E-state index in [0.717, 1.165) is 6.42 Å². The van der Waals surface area contributed by atoms with Crippen molar-refractivity contribution in [3.63, 3.8) is 0 Å². The highest BCUT2D eigenvalue weighted by Crippen LogP contribution is 2.49. The zero-order valence-corrected chi connectivity index (χ0v) is 8.59. The Morgan fingerprint density at radius 3 is 2.67 bits per heavy atom. The number of fused-ring (bicyclic) bond motifs is 1. The topological polar surface area (TPSA) is 93.2 Å². The van der Waals surface area contributed by atoms with Crippen molar-refractivity contribution in [2.24, 2.45) is 11.5 Å². The van der Waals surface area contributed by atoms with Crippen molar-refractivity contribution in [2.45, 2.75) is 23.5 Å². The van der Waals surface area contributed by atoms with E-state index in [4.69, 9.17) is 11.5 Å². The predicted molar refractivity (Wildman–Crippen MR) is 52.4 cm³/mol. The fourth-order valence-electron chi connectivity index (χ4n) is 1.94. The fraction of sp³-hybridized carbons (Fsp3) is 0.833. The molecule has 1 saturated carbocycles. The Bertz CT molecular complexity index is 244. The fourth-order valence-corrected chi connectivity index (χ4v) is 2.25. The maximum absolute atomic E-state index is 11.3. The van der Waals surface area contributed by atoms with Gasteiger partial charge in [-0.3, -0.25) is 8.32 Å². The molecule has 5 nitrogen and oxygen atoms in total. The minimum absolute atomic E-state index is 0.0806. The predicted octanol–water partition coefficient (Wildman–Crippen LogP) is -1.78. The summed E-state index contributed by atoms with van der Waals surface area (Å²) in [6, 6.07) is -0.320. The number of rotatable bonds is 1. The highest BCUT2D eigenvalue weighted by atomic mass is 127. The lowest BCUT2D eigenvalue weighted by Crippen LogP contribution is -2.52. The minimum Gasteiger partial charge on any atom is -0.322 e. The lowest BCUT2D eigenvalue weighted by atomic mass is 10.1. The van der Waals surface area contributed by atoms with Crippen molar-refractivity contribution in [1.29, 1.82) is 0 Å². The Morgan fingerprint density at radius 1 is 1.67 bits per heavy atom. The second kappa shape index (κ2) is 2.31. The largest absolute Gasteiger partial charge is 0.322 e. The van der Waals surface area contributed by atoms with Crippen LogP contribution >= 0.6 is 22.9 Å². The molecule has 0 aromatic rings. The molecular formula is C6H11IN4O. The number of amides is 1. The molecule has 0 spiro atoms. The van der Waals surface area contributed by atoms with Crippen LogP contribution in [-0.4, -0.2) is 29.6 Å². The summed E-state index contributed by atoms with van der Waals surface area (Å²) >= 11 is 1.81. The van der Waals surface area contributed by atoms with Crippen LogP contribution in [0.2, 0.25) is 0 Å². The molecule has 2 rings (SSSR count). The van der Waals surface area contributed by atoms with E-state index in [1.807, 2.05) is 22.9 Å². The number of hydrogen-bond acceptors (Lipinski definition) is 4. The molecule has 6 heteroatoms. The van der Waals surface area contributed by atoms with Crippen LogP contribution in [0.15, 0.2) is 0 Å². The maximum Gasteiger partial charge on any atom is 0.247 e. The maximum atomic E-state index is 11.3. The van der Waals surface area contributed by atoms with E-state index in [2.05, 4.69) is 8.85 Å². The summed E-state index contributed by atoms with van der Waals surface area (Å²) in [6.07, 6.45) is 0.738. The van der Waals surface area contributed by atoms with Crippen LogP contribution in [0.3, 0.4) is 0 Å². The third-order valence-corrected chi connectivity index (χ3v) is 3.43. The first-order valence-electron chi connectivity index (χ1n) is 3.75. The van der Waals surface area contributed by atoms with E-state index < -0.39 is 5.54 Å². The van der Waals surface area contributed by atoms with Gasteiger partial charge in [0.1, 0.15) is 6.04 Å². The van der Waals surface area contributed by atoms with Crippen molar-refractivity contribution in [3.05, 3.63) is 0 Å². The molecule has 1 saturated heterocycles. The van der Waals surface area contributed by atoms with Gasteiger partial charge < -0.3 is 16.8 Å². The first-order chi connectivity index (χ1) is 5.53. The van der Waals surface area contributed by atoms with Gasteiger partial charge >= 0.3 is 0 Å². The molecule has 2 fully saturated rings. The molecule has 1 heterocycles. The van der Waals surface area contributed by atoms with Gasteiger partial charge in [0.2, 0.25) is 5.91 Å². The van der Waals surface area contributed by atoms with Crippen LogP contribution in [0, 0.1) is 0 Å². The third-order valence-electron chi connectivity index (χ3n) is 2.90. The number of piperidine rings is 1. The molecular weight excluding hydrogens is 271 g/mol. The first kappa shape index (κ1) is 8.67. The van der Waals surface area contributed by atoms with Gasteiger partial charge in [-0.05, 0) is 6.42 Å². The van der Waals surface area contributed by atoms with Gasteiger partial charge in [-0.2, -0.15) is 0 Å². The van der Waals surface area contributed by atoms with Crippen LogP contribution in [0.1, 0.15) is 6.42 Å². The van der Waals surface area contributed by atoms with Crippen molar-refractivity contribution < 1.29 is 4.79 Å². The van der Waals surface area contributed by atoms with Crippen molar-refractivity contribution >= 4 is 28.8 Å². The van der Waals surface area contributed by atoms with E-state index in [-0.39, 0.29) is 17.5 Å². The molecule has 1 aliphatic carbocycles. The van der Waals surface area contributed by atoms with E-state index in [1.54, 1.807) is 0 Å². The van der Waals surface area contributed by atoms with Crippen LogP contribution < -0.4 is 20.3 Å². The molecule has 6 N–H and O–H groups in total. The molecule has 68 valence electrons. The molecule has 1 aliphatic heterocycles. The Kier molecular flexibility index (Phi) is 1.67. The Hall–Kier alpha value is 0.0800. The van der Waals surface area contributed by atoms with Crippen LogP contribution in [0.4, 0.5) is 0 Å². The van der Waals surface area contributed by atoms with Crippen molar-refractivity contribution in [2.75, 3.05) is 6.54 Å². The lowest BCUT2D eigenvalue weighted by Gasteiger charge is -2.16. The molecule has 0 aromatic carbocycles. The molecule has 12 heavy (non-hydrogen) atoms. The minimum atomic E-state index is -0.512. The van der Waals surface area contributed by atoms with Gasteiger partial charge in [0.25, 0.3) is 0 Å². The van der Waals surface area contributed by atoms with E-state index in [0.29, 0.717) is 6.54 Å². The Labute approximate surface area is 84.1 Å². The second-order valence-electron chi connectivity index (χ2n) is 3.65. The number of halogens is 1. The van der Waals surface area contributed by atoms with Crippen LogP contribution in [0.25, 0.3) is 0 Å². The molecule has 0 unspecified atom stereocenters. The average molecular weight is 282 g/mol. The SMILES string of the molecule is N[C@]12CN[C@H](C(=O)NI)[C@@]1(N)C2.